The van der Waals surface area contributed by atoms with Crippen molar-refractivity contribution in [1.82, 2.24) is 0 Å². The van der Waals surface area contributed by atoms with E-state index in [-0.39, 0.29) is 0 Å². The first-order chi connectivity index (χ1) is 9.33. The van der Waals surface area contributed by atoms with Gasteiger partial charge in [-0.2, -0.15) is 0 Å². The molecule has 0 aromatic heterocycles. The Morgan fingerprint density at radius 2 is 0.842 bits per heavy atom. The van der Waals surface area contributed by atoms with E-state index in [1.54, 1.807) is 0 Å². The monoisotopic (exact) mass is 270 g/mol. The number of carbonyl (C=O) groups is 1. The van der Waals surface area contributed by atoms with Gasteiger partial charge in [-0.1, -0.05) is 97.8 Å². The summed E-state index contributed by atoms with van der Waals surface area (Å²) in [5.74, 6) is 0. The maximum atomic E-state index is 9.89. The lowest BCUT2D eigenvalue weighted by atomic mass is 10.1. The van der Waals surface area contributed by atoms with Crippen LogP contribution in [-0.4, -0.2) is 6.29 Å². The molecule has 0 bridgehead atoms. The van der Waals surface area contributed by atoms with Crippen LogP contribution >= 0.6 is 0 Å². The van der Waals surface area contributed by atoms with Crippen LogP contribution in [0.3, 0.4) is 0 Å². The molecular formula is C18H38O. The Morgan fingerprint density at radius 1 is 0.526 bits per heavy atom. The lowest BCUT2D eigenvalue weighted by molar-refractivity contribution is -0.107. The molecule has 0 aromatic carbocycles. The number of unbranched alkanes of at least 4 members (excludes halogenated alkanes) is 12. The molecule has 0 heterocycles. The second-order valence-electron chi connectivity index (χ2n) is 5.49. The van der Waals surface area contributed by atoms with E-state index in [0.717, 1.165) is 19.1 Å². The molecule has 19 heavy (non-hydrogen) atoms. The van der Waals surface area contributed by atoms with Crippen molar-refractivity contribution in [3.05, 3.63) is 0 Å². The molecule has 0 saturated carbocycles. The van der Waals surface area contributed by atoms with Crippen LogP contribution in [0.1, 0.15) is 111 Å². The van der Waals surface area contributed by atoms with E-state index in [0.29, 0.717) is 0 Å². The van der Waals surface area contributed by atoms with Crippen molar-refractivity contribution in [3.8, 4) is 0 Å². The molecule has 0 rings (SSSR count). The topological polar surface area (TPSA) is 17.1 Å². The average Bonchev–Trinajstić information content (AvgIpc) is 2.43. The highest BCUT2D eigenvalue weighted by molar-refractivity contribution is 5.48. The molecule has 0 saturated heterocycles. The summed E-state index contributed by atoms with van der Waals surface area (Å²) >= 11 is 0. The van der Waals surface area contributed by atoms with Crippen LogP contribution in [0.5, 0.6) is 0 Å². The zero-order valence-electron chi connectivity index (χ0n) is 13.9. The van der Waals surface area contributed by atoms with Crippen LogP contribution in [0.2, 0.25) is 0 Å². The van der Waals surface area contributed by atoms with Crippen molar-refractivity contribution >= 4 is 6.29 Å². The molecule has 0 aromatic rings. The minimum Gasteiger partial charge on any atom is -0.303 e. The molecule has 0 amide bonds. The van der Waals surface area contributed by atoms with Gasteiger partial charge < -0.3 is 4.79 Å². The van der Waals surface area contributed by atoms with Gasteiger partial charge in [-0.3, -0.25) is 0 Å². The quantitative estimate of drug-likeness (QED) is 0.269. The standard InChI is InChI=1S/C9H18O.C9H20/c1-2-3-4-5-6-7-8-9-10;1-3-5-7-9-8-6-4-2/h9H,2-8H2,1H3;3-9H2,1-2H3. The summed E-state index contributed by atoms with van der Waals surface area (Å²) in [6.07, 6.45) is 19.4. The normalized spacial score (nSPS) is 9.84. The summed E-state index contributed by atoms with van der Waals surface area (Å²) in [4.78, 5) is 9.89. The largest absolute Gasteiger partial charge is 0.303 e. The predicted octanol–water partition coefficient (Wildman–Crippen LogP) is 6.69. The second-order valence-corrected chi connectivity index (χ2v) is 5.49. The fourth-order valence-corrected chi connectivity index (χ4v) is 2.04. The Hall–Kier alpha value is -0.330. The summed E-state index contributed by atoms with van der Waals surface area (Å²) in [7, 11) is 0. The molecule has 0 spiro atoms. The smallest absolute Gasteiger partial charge is 0.119 e. The van der Waals surface area contributed by atoms with E-state index in [1.165, 1.54) is 77.0 Å². The number of aldehydes is 1. The van der Waals surface area contributed by atoms with Gasteiger partial charge >= 0.3 is 0 Å². The number of rotatable bonds is 13. The van der Waals surface area contributed by atoms with Crippen LogP contribution in [0, 0.1) is 0 Å². The minimum absolute atomic E-state index is 0.756. The van der Waals surface area contributed by atoms with E-state index < -0.39 is 0 Å². The summed E-state index contributed by atoms with van der Waals surface area (Å²) in [5.41, 5.74) is 0. The molecule has 1 heteroatoms. The molecule has 0 aliphatic heterocycles. The lowest BCUT2D eigenvalue weighted by Crippen LogP contribution is -1.79. The third-order valence-corrected chi connectivity index (χ3v) is 3.38. The van der Waals surface area contributed by atoms with Crippen molar-refractivity contribution in [3.63, 3.8) is 0 Å². The highest BCUT2D eigenvalue weighted by atomic mass is 16.1. The van der Waals surface area contributed by atoms with Crippen LogP contribution in [0.15, 0.2) is 0 Å². The first-order valence-corrected chi connectivity index (χ1v) is 8.77. The Bertz CT molecular complexity index is 137. The molecule has 0 aliphatic rings. The van der Waals surface area contributed by atoms with Gasteiger partial charge in [0.1, 0.15) is 6.29 Å². The van der Waals surface area contributed by atoms with Gasteiger partial charge in [-0.15, -0.1) is 0 Å². The summed E-state index contributed by atoms with van der Waals surface area (Å²) in [5, 5.41) is 0. The van der Waals surface area contributed by atoms with Gasteiger partial charge in [0.2, 0.25) is 0 Å². The number of hydrogen-bond donors (Lipinski definition) is 0. The molecule has 0 unspecified atom stereocenters. The molecule has 116 valence electrons. The third-order valence-electron chi connectivity index (χ3n) is 3.38. The van der Waals surface area contributed by atoms with E-state index in [9.17, 15) is 4.79 Å². The van der Waals surface area contributed by atoms with Gasteiger partial charge in [-0.25, -0.2) is 0 Å². The summed E-state index contributed by atoms with van der Waals surface area (Å²) < 4.78 is 0. The third kappa shape index (κ3) is 27.0. The van der Waals surface area contributed by atoms with E-state index in [4.69, 9.17) is 0 Å². The fourth-order valence-electron chi connectivity index (χ4n) is 2.04. The summed E-state index contributed by atoms with van der Waals surface area (Å²) in [6, 6.07) is 0. The zero-order valence-corrected chi connectivity index (χ0v) is 13.9. The van der Waals surface area contributed by atoms with Crippen molar-refractivity contribution < 1.29 is 4.79 Å². The Kier molecular flexibility index (Phi) is 25.2. The molecule has 1 nitrogen and oxygen atoms in total. The zero-order chi connectivity index (χ0) is 14.6. The van der Waals surface area contributed by atoms with Crippen LogP contribution in [-0.2, 0) is 4.79 Å². The average molecular weight is 271 g/mol. The van der Waals surface area contributed by atoms with Crippen LogP contribution in [0.4, 0.5) is 0 Å². The highest BCUT2D eigenvalue weighted by Crippen LogP contribution is 2.06. The highest BCUT2D eigenvalue weighted by Gasteiger charge is 1.88. The maximum absolute atomic E-state index is 9.89. The van der Waals surface area contributed by atoms with Gasteiger partial charge in [0.15, 0.2) is 0 Å². The SMILES string of the molecule is CCCCCCCCC.CCCCCCCCC=O. The molecule has 0 radical (unpaired) electrons. The van der Waals surface area contributed by atoms with E-state index in [2.05, 4.69) is 20.8 Å². The van der Waals surface area contributed by atoms with Crippen LogP contribution < -0.4 is 0 Å². The first-order valence-electron chi connectivity index (χ1n) is 8.77. The van der Waals surface area contributed by atoms with Gasteiger partial charge in [0.25, 0.3) is 0 Å². The van der Waals surface area contributed by atoms with Crippen molar-refractivity contribution in [2.45, 2.75) is 111 Å². The van der Waals surface area contributed by atoms with Crippen LogP contribution in [0.25, 0.3) is 0 Å². The number of carbonyl (C=O) groups excluding carboxylic acids is 1. The van der Waals surface area contributed by atoms with Gasteiger partial charge in [0, 0.05) is 6.42 Å². The number of hydrogen-bond acceptors (Lipinski definition) is 1. The molecule has 0 N–H and O–H groups in total. The molecular weight excluding hydrogens is 232 g/mol. The van der Waals surface area contributed by atoms with E-state index >= 15 is 0 Å². The second kappa shape index (κ2) is 22.8. The van der Waals surface area contributed by atoms with Gasteiger partial charge in [-0.05, 0) is 6.42 Å². The Balaban J connectivity index is 0. The maximum Gasteiger partial charge on any atom is 0.119 e. The Labute approximate surface area is 122 Å². The minimum atomic E-state index is 0.756. The van der Waals surface area contributed by atoms with Crippen molar-refractivity contribution in [2.24, 2.45) is 0 Å². The van der Waals surface area contributed by atoms with Gasteiger partial charge in [0.05, 0.1) is 0 Å². The van der Waals surface area contributed by atoms with Crippen molar-refractivity contribution in [2.75, 3.05) is 0 Å². The first kappa shape index (κ1) is 21.0. The van der Waals surface area contributed by atoms with E-state index in [1.807, 2.05) is 0 Å². The molecule has 0 atom stereocenters. The van der Waals surface area contributed by atoms with Crippen molar-refractivity contribution in [1.29, 1.82) is 0 Å². The molecule has 0 aliphatic carbocycles. The molecule has 0 fully saturated rings. The fraction of sp³-hybridized carbons (Fsp3) is 0.944. The Morgan fingerprint density at radius 3 is 1.16 bits per heavy atom. The predicted molar refractivity (Wildman–Crippen MR) is 87.7 cm³/mol. The summed E-state index contributed by atoms with van der Waals surface area (Å²) in [6.45, 7) is 6.74. The lowest BCUT2D eigenvalue weighted by Gasteiger charge is -1.96.